The highest BCUT2D eigenvalue weighted by Crippen LogP contribution is 2.13. The van der Waals surface area contributed by atoms with Crippen molar-refractivity contribution >= 4 is 5.78 Å². The third-order valence-electron chi connectivity index (χ3n) is 4.18. The van der Waals surface area contributed by atoms with E-state index >= 15 is 0 Å². The van der Waals surface area contributed by atoms with Gasteiger partial charge in [-0.1, -0.05) is 36.4 Å². The number of halogens is 1. The maximum Gasteiger partial charge on any atom is 0.168 e. The van der Waals surface area contributed by atoms with Crippen LogP contribution in [-0.2, 0) is 13.0 Å². The lowest BCUT2D eigenvalue weighted by atomic mass is 9.99. The van der Waals surface area contributed by atoms with Gasteiger partial charge in [0.05, 0.1) is 19.5 Å². The summed E-state index contributed by atoms with van der Waals surface area (Å²) in [6.07, 6.45) is 1.62. The van der Waals surface area contributed by atoms with Crippen LogP contribution >= 0.6 is 0 Å². The Morgan fingerprint density at radius 3 is 2.64 bits per heavy atom. The third-order valence-corrected chi connectivity index (χ3v) is 4.18. The summed E-state index contributed by atoms with van der Waals surface area (Å²) in [5, 5.41) is 9.43. The van der Waals surface area contributed by atoms with E-state index < -0.39 is 0 Å². The summed E-state index contributed by atoms with van der Waals surface area (Å²) in [5.74, 6) is 0.261. The first kappa shape index (κ1) is 16.5. The SMILES string of the molecule is O=C(CC[NH+]1CCc2ccccc2C1)c1cccc(O)c1.[Cl-]. The van der Waals surface area contributed by atoms with Gasteiger partial charge in [-0.3, -0.25) is 4.79 Å². The number of carbonyl (C=O) groups excluding carboxylic acids is 1. The van der Waals surface area contributed by atoms with Gasteiger partial charge in [-0.05, 0) is 17.7 Å². The van der Waals surface area contributed by atoms with E-state index in [4.69, 9.17) is 0 Å². The molecule has 3 rings (SSSR count). The molecule has 0 saturated heterocycles. The second-order valence-electron chi connectivity index (χ2n) is 5.67. The fraction of sp³-hybridized carbons (Fsp3) is 0.278. The van der Waals surface area contributed by atoms with Crippen molar-refractivity contribution in [2.45, 2.75) is 19.4 Å². The van der Waals surface area contributed by atoms with Crippen molar-refractivity contribution in [3.63, 3.8) is 0 Å². The average molecular weight is 318 g/mol. The van der Waals surface area contributed by atoms with Crippen molar-refractivity contribution in [2.75, 3.05) is 13.1 Å². The number of hydrogen-bond donors (Lipinski definition) is 2. The standard InChI is InChI=1S/C18H19NO2.ClH/c20-17-7-3-6-15(12-17)18(21)9-11-19-10-8-14-4-1-2-5-16(14)13-19;/h1-7,12,20H,8-11,13H2;1H. The molecule has 0 fully saturated rings. The highest BCUT2D eigenvalue weighted by atomic mass is 35.5. The minimum atomic E-state index is 0. The van der Waals surface area contributed by atoms with E-state index in [0.717, 1.165) is 26.1 Å². The molecular weight excluding hydrogens is 298 g/mol. The van der Waals surface area contributed by atoms with Gasteiger partial charge in [0.2, 0.25) is 0 Å². The van der Waals surface area contributed by atoms with Gasteiger partial charge in [0.25, 0.3) is 0 Å². The molecule has 1 unspecified atom stereocenters. The quantitative estimate of drug-likeness (QED) is 0.682. The van der Waals surface area contributed by atoms with Crippen LogP contribution in [0.3, 0.4) is 0 Å². The Labute approximate surface area is 137 Å². The number of phenolic OH excluding ortho intramolecular Hbond substituents is 1. The lowest BCUT2D eigenvalue weighted by molar-refractivity contribution is -0.915. The van der Waals surface area contributed by atoms with Gasteiger partial charge in [-0.25, -0.2) is 0 Å². The van der Waals surface area contributed by atoms with Gasteiger partial charge < -0.3 is 22.4 Å². The molecule has 0 aliphatic carbocycles. The summed E-state index contributed by atoms with van der Waals surface area (Å²) in [7, 11) is 0. The van der Waals surface area contributed by atoms with Crippen molar-refractivity contribution in [2.24, 2.45) is 0 Å². The van der Waals surface area contributed by atoms with Gasteiger partial charge >= 0.3 is 0 Å². The highest BCUT2D eigenvalue weighted by Gasteiger charge is 2.19. The van der Waals surface area contributed by atoms with E-state index in [1.54, 1.807) is 24.3 Å². The summed E-state index contributed by atoms with van der Waals surface area (Å²) >= 11 is 0. The van der Waals surface area contributed by atoms with Crippen LogP contribution in [-0.4, -0.2) is 24.0 Å². The normalized spacial score (nSPS) is 16.5. The van der Waals surface area contributed by atoms with E-state index in [2.05, 4.69) is 24.3 Å². The predicted molar refractivity (Wildman–Crippen MR) is 81.6 cm³/mol. The minimum absolute atomic E-state index is 0. The summed E-state index contributed by atoms with van der Waals surface area (Å²) in [6, 6.07) is 15.2. The summed E-state index contributed by atoms with van der Waals surface area (Å²) in [6.45, 7) is 2.94. The number of aromatic hydroxyl groups is 1. The van der Waals surface area contributed by atoms with Crippen LogP contribution in [0.4, 0.5) is 0 Å². The van der Waals surface area contributed by atoms with E-state index in [1.807, 2.05) is 0 Å². The Kier molecular flexibility index (Phi) is 5.58. The molecule has 2 aromatic rings. The second-order valence-corrected chi connectivity index (χ2v) is 5.67. The largest absolute Gasteiger partial charge is 1.00 e. The maximum atomic E-state index is 12.2. The van der Waals surface area contributed by atoms with E-state index in [0.29, 0.717) is 12.0 Å². The zero-order chi connectivity index (χ0) is 14.7. The van der Waals surface area contributed by atoms with Crippen LogP contribution in [0.25, 0.3) is 0 Å². The lowest BCUT2D eigenvalue weighted by Gasteiger charge is -2.25. The molecule has 4 heteroatoms. The number of hydrogen-bond acceptors (Lipinski definition) is 2. The monoisotopic (exact) mass is 317 g/mol. The maximum absolute atomic E-state index is 12.2. The molecule has 0 bridgehead atoms. The molecule has 0 saturated carbocycles. The summed E-state index contributed by atoms with van der Waals surface area (Å²) < 4.78 is 0. The number of carbonyl (C=O) groups is 1. The molecule has 1 aliphatic heterocycles. The predicted octanol–water partition coefficient (Wildman–Crippen LogP) is -1.39. The van der Waals surface area contributed by atoms with Crippen LogP contribution in [0.2, 0.25) is 0 Å². The topological polar surface area (TPSA) is 41.7 Å². The molecule has 2 N–H and O–H groups in total. The number of phenols is 1. The number of Topliss-reactive ketones (excluding diaryl/α,β-unsaturated/α-hetero) is 1. The van der Waals surface area contributed by atoms with Crippen LogP contribution in [0.15, 0.2) is 48.5 Å². The molecule has 116 valence electrons. The Morgan fingerprint density at radius 1 is 1.09 bits per heavy atom. The zero-order valence-corrected chi connectivity index (χ0v) is 13.1. The molecule has 0 aromatic heterocycles. The van der Waals surface area contributed by atoms with Crippen molar-refractivity contribution in [3.8, 4) is 5.75 Å². The Hall–Kier alpha value is -1.84. The lowest BCUT2D eigenvalue weighted by Crippen LogP contribution is -3.11. The molecule has 1 heterocycles. The van der Waals surface area contributed by atoms with Crippen LogP contribution < -0.4 is 17.3 Å². The first-order valence-electron chi connectivity index (χ1n) is 7.45. The summed E-state index contributed by atoms with van der Waals surface area (Å²) in [5.41, 5.74) is 3.45. The highest BCUT2D eigenvalue weighted by molar-refractivity contribution is 5.96. The Morgan fingerprint density at radius 2 is 1.86 bits per heavy atom. The smallest absolute Gasteiger partial charge is 0.168 e. The van der Waals surface area contributed by atoms with E-state index in [1.165, 1.54) is 16.0 Å². The Balaban J connectivity index is 0.00000176. The van der Waals surface area contributed by atoms with Crippen molar-refractivity contribution in [1.29, 1.82) is 0 Å². The third kappa shape index (κ3) is 3.87. The average Bonchev–Trinajstić information content (AvgIpc) is 2.52. The van der Waals surface area contributed by atoms with Crippen molar-refractivity contribution in [3.05, 3.63) is 65.2 Å². The van der Waals surface area contributed by atoms with Gasteiger partial charge in [0.15, 0.2) is 5.78 Å². The van der Waals surface area contributed by atoms with Gasteiger partial charge in [0, 0.05) is 17.5 Å². The minimum Gasteiger partial charge on any atom is -1.00 e. The number of nitrogens with one attached hydrogen (secondary N) is 1. The van der Waals surface area contributed by atoms with Gasteiger partial charge in [0.1, 0.15) is 12.3 Å². The molecule has 1 aliphatic rings. The van der Waals surface area contributed by atoms with Crippen LogP contribution in [0.5, 0.6) is 5.75 Å². The second kappa shape index (κ2) is 7.43. The van der Waals surface area contributed by atoms with Gasteiger partial charge in [-0.15, -0.1) is 0 Å². The molecule has 0 spiro atoms. The first-order chi connectivity index (χ1) is 10.2. The molecule has 0 radical (unpaired) electrons. The molecular formula is C18H20ClNO2. The molecule has 3 nitrogen and oxygen atoms in total. The van der Waals surface area contributed by atoms with Crippen molar-refractivity contribution < 1.29 is 27.2 Å². The van der Waals surface area contributed by atoms with E-state index in [9.17, 15) is 9.90 Å². The van der Waals surface area contributed by atoms with Gasteiger partial charge in [-0.2, -0.15) is 0 Å². The zero-order valence-electron chi connectivity index (χ0n) is 12.4. The van der Waals surface area contributed by atoms with E-state index in [-0.39, 0.29) is 23.9 Å². The first-order valence-corrected chi connectivity index (χ1v) is 7.45. The van der Waals surface area contributed by atoms with Crippen LogP contribution in [0.1, 0.15) is 27.9 Å². The number of ketones is 1. The van der Waals surface area contributed by atoms with Crippen LogP contribution in [0, 0.1) is 0 Å². The molecule has 2 aromatic carbocycles. The molecule has 22 heavy (non-hydrogen) atoms. The Bertz CT molecular complexity index is 657. The number of rotatable bonds is 4. The fourth-order valence-electron chi connectivity index (χ4n) is 2.97. The molecule has 0 amide bonds. The summed E-state index contributed by atoms with van der Waals surface area (Å²) in [4.78, 5) is 13.6. The number of fused-ring (bicyclic) bond motifs is 1. The number of benzene rings is 2. The number of quaternary nitrogens is 1. The van der Waals surface area contributed by atoms with Crippen molar-refractivity contribution in [1.82, 2.24) is 0 Å². The molecule has 1 atom stereocenters. The fourth-order valence-corrected chi connectivity index (χ4v) is 2.97.